The van der Waals surface area contributed by atoms with Crippen molar-refractivity contribution in [1.29, 1.82) is 0 Å². The second kappa shape index (κ2) is 11.0. The van der Waals surface area contributed by atoms with Crippen molar-refractivity contribution < 1.29 is 14.3 Å². The number of methoxy groups -OCH3 is 1. The number of thiophene rings is 1. The number of hydrogen-bond donors (Lipinski definition) is 1. The summed E-state index contributed by atoms with van der Waals surface area (Å²) in [5, 5.41) is 3.85. The number of carbonyl (C=O) groups is 1. The number of benzene rings is 2. The van der Waals surface area contributed by atoms with Crippen LogP contribution in [-0.2, 0) is 19.4 Å². The Bertz CT molecular complexity index is 1150. The Hall–Kier alpha value is -3.38. The van der Waals surface area contributed by atoms with Crippen LogP contribution in [-0.4, -0.2) is 25.8 Å². The van der Waals surface area contributed by atoms with Crippen molar-refractivity contribution in [3.8, 4) is 11.5 Å². The zero-order valence-electron chi connectivity index (χ0n) is 18.8. The molecule has 1 heterocycles. The van der Waals surface area contributed by atoms with Crippen LogP contribution in [0, 0.1) is 0 Å². The Morgan fingerprint density at radius 3 is 2.76 bits per heavy atom. The third kappa shape index (κ3) is 5.52. The minimum absolute atomic E-state index is 0.0591. The summed E-state index contributed by atoms with van der Waals surface area (Å²) in [4.78, 5) is 19.2. The van der Waals surface area contributed by atoms with Gasteiger partial charge in [0.15, 0.2) is 11.5 Å². The molecule has 33 heavy (non-hydrogen) atoms. The first-order valence-corrected chi connectivity index (χ1v) is 11.9. The topological polar surface area (TPSA) is 59.9 Å². The molecule has 0 spiro atoms. The molecule has 0 bridgehead atoms. The van der Waals surface area contributed by atoms with Gasteiger partial charge in [0.25, 0.3) is 5.91 Å². The number of nitrogens with zero attached hydrogens (tertiary/aromatic N) is 1. The summed E-state index contributed by atoms with van der Waals surface area (Å²) < 4.78 is 11.1. The van der Waals surface area contributed by atoms with Crippen LogP contribution in [0.4, 0.5) is 5.00 Å². The average molecular weight is 461 g/mol. The van der Waals surface area contributed by atoms with E-state index < -0.39 is 0 Å². The van der Waals surface area contributed by atoms with Crippen LogP contribution in [0.2, 0.25) is 0 Å². The lowest BCUT2D eigenvalue weighted by Gasteiger charge is -2.13. The Morgan fingerprint density at radius 1 is 1.15 bits per heavy atom. The molecular weight excluding hydrogens is 432 g/mol. The van der Waals surface area contributed by atoms with Gasteiger partial charge in [-0.1, -0.05) is 43.0 Å². The summed E-state index contributed by atoms with van der Waals surface area (Å²) in [5.41, 5.74) is 3.83. The molecule has 1 amide bonds. The van der Waals surface area contributed by atoms with E-state index in [1.807, 2.05) is 48.5 Å². The maximum atomic E-state index is 13.2. The summed E-state index contributed by atoms with van der Waals surface area (Å²) in [6.45, 7) is 4.58. The van der Waals surface area contributed by atoms with Gasteiger partial charge in [-0.2, -0.15) is 0 Å². The zero-order chi connectivity index (χ0) is 23.0. The fourth-order valence-corrected chi connectivity index (χ4v) is 5.14. The average Bonchev–Trinajstić information content (AvgIpc) is 3.24. The molecule has 0 saturated carbocycles. The van der Waals surface area contributed by atoms with Crippen LogP contribution in [0.3, 0.4) is 0 Å². The Labute approximate surface area is 198 Å². The molecule has 0 unspecified atom stereocenters. The summed E-state index contributed by atoms with van der Waals surface area (Å²) in [5.74, 6) is 1.23. The van der Waals surface area contributed by atoms with Crippen molar-refractivity contribution in [2.45, 2.75) is 32.2 Å². The first-order chi connectivity index (χ1) is 16.2. The number of amides is 1. The van der Waals surface area contributed by atoms with Crippen LogP contribution in [0.5, 0.6) is 11.5 Å². The second-order valence-corrected chi connectivity index (χ2v) is 8.91. The van der Waals surface area contributed by atoms with E-state index in [-0.39, 0.29) is 5.91 Å². The number of fused-ring (bicyclic) bond motifs is 1. The lowest BCUT2D eigenvalue weighted by atomic mass is 9.95. The zero-order valence-corrected chi connectivity index (χ0v) is 19.6. The number of rotatable bonds is 9. The number of carbonyl (C=O) groups excluding carboxylic acids is 1. The molecule has 4 rings (SSSR count). The van der Waals surface area contributed by atoms with Crippen molar-refractivity contribution in [3.05, 3.63) is 88.3 Å². The lowest BCUT2D eigenvalue weighted by Crippen LogP contribution is -2.24. The highest BCUT2D eigenvalue weighted by Crippen LogP contribution is 2.40. The molecule has 6 heteroatoms. The molecule has 0 radical (unpaired) electrons. The minimum atomic E-state index is -0.0591. The van der Waals surface area contributed by atoms with E-state index in [9.17, 15) is 4.79 Å². The van der Waals surface area contributed by atoms with Gasteiger partial charge in [0, 0.05) is 17.6 Å². The van der Waals surface area contributed by atoms with Gasteiger partial charge in [0.05, 0.1) is 12.7 Å². The molecule has 1 aromatic heterocycles. The van der Waals surface area contributed by atoms with Crippen LogP contribution >= 0.6 is 11.3 Å². The van der Waals surface area contributed by atoms with E-state index in [0.29, 0.717) is 24.7 Å². The van der Waals surface area contributed by atoms with Crippen LogP contribution in [0.25, 0.3) is 0 Å². The fourth-order valence-electron chi connectivity index (χ4n) is 3.91. The van der Waals surface area contributed by atoms with Crippen LogP contribution in [0.1, 0.15) is 44.8 Å². The standard InChI is InChI=1S/C27H28N2O3S/c1-3-15-32-22-14-13-20(16-23(22)31-2)18-29-27-25(21-11-7-8-12-24(21)33-27)26(30)28-17-19-9-5-4-6-10-19/h3-6,9-10,13-14,16,18H,1,7-8,11-12,15,17H2,2H3,(H,28,30). The SMILES string of the molecule is C=CCOc1ccc(C=Nc2sc3c(c2C(=O)NCc2ccccc2)CCCC3)cc1OC. The van der Waals surface area contributed by atoms with Gasteiger partial charge in [0.2, 0.25) is 0 Å². The highest BCUT2D eigenvalue weighted by Gasteiger charge is 2.25. The monoisotopic (exact) mass is 460 g/mol. The number of aryl methyl sites for hydroxylation is 1. The fraction of sp³-hybridized carbons (Fsp3) is 0.259. The van der Waals surface area contributed by atoms with Gasteiger partial charge in [-0.25, -0.2) is 4.99 Å². The smallest absolute Gasteiger partial charge is 0.254 e. The molecule has 3 aromatic rings. The molecule has 170 valence electrons. The van der Waals surface area contributed by atoms with Gasteiger partial charge in [0.1, 0.15) is 11.6 Å². The van der Waals surface area contributed by atoms with Crippen LogP contribution < -0.4 is 14.8 Å². The predicted molar refractivity (Wildman–Crippen MR) is 135 cm³/mol. The number of ether oxygens (including phenoxy) is 2. The molecule has 0 saturated heterocycles. The van der Waals surface area contributed by atoms with Crippen molar-refractivity contribution in [2.24, 2.45) is 4.99 Å². The molecule has 1 N–H and O–H groups in total. The third-order valence-corrected chi connectivity index (χ3v) is 6.75. The molecule has 1 aliphatic carbocycles. The summed E-state index contributed by atoms with van der Waals surface area (Å²) >= 11 is 1.63. The number of nitrogens with one attached hydrogen (secondary N) is 1. The largest absolute Gasteiger partial charge is 0.493 e. The third-order valence-electron chi connectivity index (χ3n) is 5.55. The number of hydrogen-bond acceptors (Lipinski definition) is 5. The maximum Gasteiger partial charge on any atom is 0.254 e. The molecule has 0 fully saturated rings. The van der Waals surface area contributed by atoms with Crippen molar-refractivity contribution in [3.63, 3.8) is 0 Å². The van der Waals surface area contributed by atoms with E-state index in [1.54, 1.807) is 30.7 Å². The number of aliphatic imine (C=N–C) groups is 1. The van der Waals surface area contributed by atoms with E-state index in [0.717, 1.165) is 52.9 Å². The predicted octanol–water partition coefficient (Wildman–Crippen LogP) is 5.88. The first-order valence-electron chi connectivity index (χ1n) is 11.1. The molecule has 0 atom stereocenters. The quantitative estimate of drug-likeness (QED) is 0.320. The van der Waals surface area contributed by atoms with Gasteiger partial charge in [-0.05, 0) is 60.6 Å². The summed E-state index contributed by atoms with van der Waals surface area (Å²) in [6, 6.07) is 15.6. The maximum absolute atomic E-state index is 13.2. The molecule has 1 aliphatic rings. The van der Waals surface area contributed by atoms with E-state index in [4.69, 9.17) is 14.5 Å². The van der Waals surface area contributed by atoms with Crippen molar-refractivity contribution >= 4 is 28.5 Å². The van der Waals surface area contributed by atoms with Gasteiger partial charge in [-0.3, -0.25) is 4.79 Å². The molecule has 0 aliphatic heterocycles. The van der Waals surface area contributed by atoms with Crippen molar-refractivity contribution in [2.75, 3.05) is 13.7 Å². The van der Waals surface area contributed by atoms with Gasteiger partial charge in [-0.15, -0.1) is 11.3 Å². The van der Waals surface area contributed by atoms with Gasteiger partial charge >= 0.3 is 0 Å². The summed E-state index contributed by atoms with van der Waals surface area (Å²) in [7, 11) is 1.61. The normalized spacial score (nSPS) is 12.9. The lowest BCUT2D eigenvalue weighted by molar-refractivity contribution is 0.0951. The van der Waals surface area contributed by atoms with E-state index >= 15 is 0 Å². The molecule has 5 nitrogen and oxygen atoms in total. The molecular formula is C27H28N2O3S. The second-order valence-electron chi connectivity index (χ2n) is 7.83. The van der Waals surface area contributed by atoms with E-state index in [1.165, 1.54) is 4.88 Å². The van der Waals surface area contributed by atoms with Gasteiger partial charge < -0.3 is 14.8 Å². The highest BCUT2D eigenvalue weighted by molar-refractivity contribution is 7.16. The Kier molecular flexibility index (Phi) is 7.58. The van der Waals surface area contributed by atoms with Crippen LogP contribution in [0.15, 0.2) is 66.2 Å². The van der Waals surface area contributed by atoms with E-state index in [2.05, 4.69) is 11.9 Å². The molecule has 2 aromatic carbocycles. The minimum Gasteiger partial charge on any atom is -0.493 e. The Balaban J connectivity index is 1.58. The highest BCUT2D eigenvalue weighted by atomic mass is 32.1. The Morgan fingerprint density at radius 2 is 1.97 bits per heavy atom. The first kappa shape index (κ1) is 22.8. The van der Waals surface area contributed by atoms with Crippen molar-refractivity contribution in [1.82, 2.24) is 5.32 Å². The summed E-state index contributed by atoms with van der Waals surface area (Å²) in [6.07, 6.45) is 7.68.